The van der Waals surface area contributed by atoms with E-state index in [1.54, 1.807) is 36.4 Å². The maximum absolute atomic E-state index is 12.9. The molecule has 6 heteroatoms. The topological polar surface area (TPSA) is 78.9 Å². The SMILES string of the molecule is C=CC(=O)OCCCCOc1ccc(C(=O)Oc2ccc(/C=C3/C(=O)[C@H](C(C)C)CC[C@@H]3C)cc2)cc1. The molecule has 0 radical (unpaired) electrons. The highest BCUT2D eigenvalue weighted by Crippen LogP contribution is 2.35. The first-order valence-electron chi connectivity index (χ1n) is 12.9. The minimum absolute atomic E-state index is 0.0911. The molecule has 1 fully saturated rings. The van der Waals surface area contributed by atoms with Gasteiger partial charge in [0, 0.05) is 12.0 Å². The van der Waals surface area contributed by atoms with Crippen molar-refractivity contribution >= 4 is 23.8 Å². The number of esters is 2. The van der Waals surface area contributed by atoms with E-state index < -0.39 is 11.9 Å². The van der Waals surface area contributed by atoms with Gasteiger partial charge >= 0.3 is 11.9 Å². The zero-order chi connectivity index (χ0) is 26.8. The molecule has 0 N–H and O–H groups in total. The highest BCUT2D eigenvalue weighted by molar-refractivity contribution is 6.02. The smallest absolute Gasteiger partial charge is 0.343 e. The Hall–Kier alpha value is -3.67. The lowest BCUT2D eigenvalue weighted by Crippen LogP contribution is -2.30. The van der Waals surface area contributed by atoms with Crippen molar-refractivity contribution in [2.24, 2.45) is 17.8 Å². The van der Waals surface area contributed by atoms with Gasteiger partial charge in [0.15, 0.2) is 5.78 Å². The van der Waals surface area contributed by atoms with Crippen molar-refractivity contribution < 1.29 is 28.6 Å². The van der Waals surface area contributed by atoms with Crippen LogP contribution in [0.4, 0.5) is 0 Å². The van der Waals surface area contributed by atoms with Gasteiger partial charge in [-0.15, -0.1) is 0 Å². The van der Waals surface area contributed by atoms with Crippen LogP contribution >= 0.6 is 0 Å². The van der Waals surface area contributed by atoms with Crippen molar-refractivity contribution in [3.63, 3.8) is 0 Å². The van der Waals surface area contributed by atoms with Crippen LogP contribution in [0.1, 0.15) is 62.4 Å². The molecule has 0 aliphatic heterocycles. The summed E-state index contributed by atoms with van der Waals surface area (Å²) in [6, 6.07) is 14.0. The number of hydrogen-bond acceptors (Lipinski definition) is 6. The van der Waals surface area contributed by atoms with Crippen LogP contribution < -0.4 is 9.47 Å². The number of rotatable bonds is 11. The Morgan fingerprint density at radius 1 is 0.973 bits per heavy atom. The maximum Gasteiger partial charge on any atom is 0.343 e. The van der Waals surface area contributed by atoms with Gasteiger partial charge in [-0.25, -0.2) is 9.59 Å². The Kier molecular flexibility index (Phi) is 10.2. The molecule has 2 aromatic rings. The Bertz CT molecular complexity index is 1110. The molecule has 0 saturated heterocycles. The molecule has 0 spiro atoms. The standard InChI is InChI=1S/C31H36O6/c1-5-29(32)36-19-7-6-18-35-25-15-11-24(12-16-25)31(34)37-26-13-9-23(10-14-26)20-28-22(4)8-17-27(21(2)3)30(28)33/h5,9-16,20-22,27H,1,6-8,17-19H2,2-4H3/b28-20+/t22-,27-/m0/s1. The first-order chi connectivity index (χ1) is 17.8. The second kappa shape index (κ2) is 13.6. The molecule has 196 valence electrons. The monoisotopic (exact) mass is 504 g/mol. The van der Waals surface area contributed by atoms with E-state index in [4.69, 9.17) is 14.2 Å². The fourth-order valence-electron chi connectivity index (χ4n) is 4.31. The number of benzene rings is 2. The normalized spacial score (nSPS) is 18.5. The van der Waals surface area contributed by atoms with Crippen LogP contribution in [0.3, 0.4) is 0 Å². The van der Waals surface area contributed by atoms with E-state index in [-0.39, 0.29) is 17.6 Å². The number of allylic oxidation sites excluding steroid dienone is 1. The van der Waals surface area contributed by atoms with Crippen molar-refractivity contribution in [1.82, 2.24) is 0 Å². The molecule has 1 saturated carbocycles. The summed E-state index contributed by atoms with van der Waals surface area (Å²) in [6.07, 6.45) is 6.50. The summed E-state index contributed by atoms with van der Waals surface area (Å²) in [5.41, 5.74) is 2.21. The summed E-state index contributed by atoms with van der Waals surface area (Å²) in [7, 11) is 0. The Balaban J connectivity index is 1.50. The average molecular weight is 505 g/mol. The van der Waals surface area contributed by atoms with Crippen molar-refractivity contribution in [2.75, 3.05) is 13.2 Å². The zero-order valence-corrected chi connectivity index (χ0v) is 21.9. The lowest BCUT2D eigenvalue weighted by atomic mass is 9.73. The van der Waals surface area contributed by atoms with E-state index in [2.05, 4.69) is 27.4 Å². The van der Waals surface area contributed by atoms with Crippen LogP contribution in [0.25, 0.3) is 6.08 Å². The van der Waals surface area contributed by atoms with Gasteiger partial charge in [-0.1, -0.05) is 39.5 Å². The number of Topliss-reactive ketones (excluding diaryl/α,β-unsaturated/α-hetero) is 1. The summed E-state index contributed by atoms with van der Waals surface area (Å²) in [5, 5.41) is 0. The second-order valence-corrected chi connectivity index (χ2v) is 9.70. The number of hydrogen-bond donors (Lipinski definition) is 0. The molecule has 1 aliphatic rings. The van der Waals surface area contributed by atoms with Crippen LogP contribution in [-0.2, 0) is 14.3 Å². The fraction of sp³-hybridized carbons (Fsp3) is 0.387. The minimum atomic E-state index is -0.461. The third kappa shape index (κ3) is 8.17. The number of carbonyl (C=O) groups excluding carboxylic acids is 3. The third-order valence-electron chi connectivity index (χ3n) is 6.59. The molecule has 0 aromatic heterocycles. The number of ketones is 1. The Morgan fingerprint density at radius 3 is 2.27 bits per heavy atom. The van der Waals surface area contributed by atoms with Gasteiger partial charge in [-0.05, 0) is 91.1 Å². The molecule has 0 bridgehead atoms. The predicted octanol–water partition coefficient (Wildman–Crippen LogP) is 6.45. The summed E-state index contributed by atoms with van der Waals surface area (Å²) in [6.45, 7) is 10.5. The van der Waals surface area contributed by atoms with Crippen LogP contribution in [0, 0.1) is 17.8 Å². The van der Waals surface area contributed by atoms with E-state index in [0.29, 0.717) is 42.6 Å². The van der Waals surface area contributed by atoms with Gasteiger partial charge in [-0.2, -0.15) is 0 Å². The number of carbonyl (C=O) groups is 3. The molecular weight excluding hydrogens is 468 g/mol. The molecular formula is C31H36O6. The highest BCUT2D eigenvalue weighted by atomic mass is 16.5. The second-order valence-electron chi connectivity index (χ2n) is 9.70. The molecule has 0 amide bonds. The largest absolute Gasteiger partial charge is 0.494 e. The first kappa shape index (κ1) is 27.9. The van der Waals surface area contributed by atoms with E-state index in [1.807, 2.05) is 18.2 Å². The Labute approximate surface area is 219 Å². The van der Waals surface area contributed by atoms with Gasteiger partial charge in [0.1, 0.15) is 11.5 Å². The molecule has 6 nitrogen and oxygen atoms in total. The van der Waals surface area contributed by atoms with Crippen LogP contribution in [-0.4, -0.2) is 30.9 Å². The quantitative estimate of drug-likeness (QED) is 0.151. The van der Waals surface area contributed by atoms with Gasteiger partial charge in [0.25, 0.3) is 0 Å². The summed E-state index contributed by atoms with van der Waals surface area (Å²) in [5.74, 6) is 1.12. The predicted molar refractivity (Wildman–Crippen MR) is 143 cm³/mol. The van der Waals surface area contributed by atoms with Crippen molar-refractivity contribution in [3.8, 4) is 11.5 Å². The van der Waals surface area contributed by atoms with Gasteiger partial charge in [0.05, 0.1) is 18.8 Å². The van der Waals surface area contributed by atoms with E-state index in [1.165, 1.54) is 0 Å². The van der Waals surface area contributed by atoms with E-state index in [9.17, 15) is 14.4 Å². The molecule has 2 aromatic carbocycles. The molecule has 2 atom stereocenters. The van der Waals surface area contributed by atoms with Crippen LogP contribution in [0.2, 0.25) is 0 Å². The third-order valence-corrected chi connectivity index (χ3v) is 6.59. The summed E-state index contributed by atoms with van der Waals surface area (Å²) in [4.78, 5) is 36.5. The van der Waals surface area contributed by atoms with Crippen molar-refractivity contribution in [1.29, 1.82) is 0 Å². The molecule has 37 heavy (non-hydrogen) atoms. The fourth-order valence-corrected chi connectivity index (χ4v) is 4.31. The molecule has 0 heterocycles. The lowest BCUT2D eigenvalue weighted by molar-refractivity contribution is -0.137. The van der Waals surface area contributed by atoms with E-state index >= 15 is 0 Å². The lowest BCUT2D eigenvalue weighted by Gasteiger charge is -2.30. The van der Waals surface area contributed by atoms with Crippen molar-refractivity contribution in [2.45, 2.75) is 46.5 Å². The van der Waals surface area contributed by atoms with Crippen LogP contribution in [0.5, 0.6) is 11.5 Å². The van der Waals surface area contributed by atoms with Crippen molar-refractivity contribution in [3.05, 3.63) is 77.9 Å². The molecule has 3 rings (SSSR count). The number of ether oxygens (including phenoxy) is 3. The van der Waals surface area contributed by atoms with Gasteiger partial charge in [0.2, 0.25) is 0 Å². The summed E-state index contributed by atoms with van der Waals surface area (Å²) < 4.78 is 16.1. The molecule has 1 aliphatic carbocycles. The highest BCUT2D eigenvalue weighted by Gasteiger charge is 2.32. The molecule has 0 unspecified atom stereocenters. The summed E-state index contributed by atoms with van der Waals surface area (Å²) >= 11 is 0. The maximum atomic E-state index is 12.9. The number of unbranched alkanes of at least 4 members (excludes halogenated alkanes) is 1. The van der Waals surface area contributed by atoms with Crippen LogP contribution in [0.15, 0.2) is 66.8 Å². The minimum Gasteiger partial charge on any atom is -0.494 e. The van der Waals surface area contributed by atoms with Gasteiger partial charge in [-0.3, -0.25) is 4.79 Å². The van der Waals surface area contributed by atoms with Gasteiger partial charge < -0.3 is 14.2 Å². The average Bonchev–Trinajstić information content (AvgIpc) is 2.89. The van der Waals surface area contributed by atoms with E-state index in [0.717, 1.165) is 36.5 Å². The Morgan fingerprint density at radius 2 is 1.62 bits per heavy atom. The first-order valence-corrected chi connectivity index (χ1v) is 12.9. The zero-order valence-electron chi connectivity index (χ0n) is 21.9.